The molecule has 7 atom stereocenters. The number of ether oxygens (including phenoxy) is 1. The lowest BCUT2D eigenvalue weighted by molar-refractivity contribution is -0.209. The van der Waals surface area contributed by atoms with E-state index in [-0.39, 0.29) is 36.4 Å². The van der Waals surface area contributed by atoms with Crippen molar-refractivity contribution in [2.24, 2.45) is 16.7 Å². The van der Waals surface area contributed by atoms with E-state index in [0.717, 1.165) is 18.1 Å². The molecule has 0 amide bonds. The number of aliphatic hydroxyl groups excluding tert-OH is 1. The van der Waals surface area contributed by atoms with Crippen molar-refractivity contribution in [2.45, 2.75) is 109 Å². The van der Waals surface area contributed by atoms with Gasteiger partial charge in [-0.15, -0.1) is 0 Å². The Morgan fingerprint density at radius 2 is 1.63 bits per heavy atom. The number of aliphatic hydroxyl groups is 3. The minimum Gasteiger partial charge on any atom is -0.412 e. The molecule has 35 heavy (non-hydrogen) atoms. The zero-order valence-electron chi connectivity index (χ0n) is 21.9. The first-order valence-corrected chi connectivity index (χ1v) is 15.4. The number of Topliss-reactive ketones (excluding diaryl/α,β-unsaturated/α-hetero) is 3. The standard InChI is InChI=1S/C26H40O8Si/c1-8-35(9-2,10-3)34-17-11-16(28)25(31)13-33-22-20(25)24(17,7)21(30)19(29)18-14(4)15(27)12-26(22,32)23(18,5)6/h17,19-20,22,29,31-32H,8-13H2,1-7H3/t17-,19+,20-,22-,24+,25-,26+/m0/s1. The summed E-state index contributed by atoms with van der Waals surface area (Å²) < 4.78 is 12.8. The normalized spacial score (nSPS) is 43.2. The summed E-state index contributed by atoms with van der Waals surface area (Å²) in [5.41, 5.74) is -6.15. The first-order valence-electron chi connectivity index (χ1n) is 12.9. The van der Waals surface area contributed by atoms with Crippen molar-refractivity contribution in [2.75, 3.05) is 6.61 Å². The van der Waals surface area contributed by atoms with Crippen LogP contribution in [0.4, 0.5) is 0 Å². The van der Waals surface area contributed by atoms with Crippen molar-refractivity contribution in [3.8, 4) is 0 Å². The van der Waals surface area contributed by atoms with Gasteiger partial charge in [-0.1, -0.05) is 34.6 Å². The minimum atomic E-state index is -2.32. The van der Waals surface area contributed by atoms with E-state index in [9.17, 15) is 29.7 Å². The smallest absolute Gasteiger partial charge is 0.192 e. The number of hydrogen-bond acceptors (Lipinski definition) is 8. The van der Waals surface area contributed by atoms with Crippen LogP contribution in [0.1, 0.15) is 61.3 Å². The lowest BCUT2D eigenvalue weighted by atomic mass is 9.46. The molecule has 2 saturated carbocycles. The maximum Gasteiger partial charge on any atom is 0.192 e. The van der Waals surface area contributed by atoms with Gasteiger partial charge in [-0.05, 0) is 43.1 Å². The van der Waals surface area contributed by atoms with Gasteiger partial charge >= 0.3 is 0 Å². The average molecular weight is 509 g/mol. The highest BCUT2D eigenvalue weighted by molar-refractivity contribution is 6.73. The van der Waals surface area contributed by atoms with Gasteiger partial charge in [-0.25, -0.2) is 0 Å². The van der Waals surface area contributed by atoms with Crippen LogP contribution in [0.25, 0.3) is 0 Å². The van der Waals surface area contributed by atoms with Gasteiger partial charge in [-0.2, -0.15) is 0 Å². The molecule has 0 aromatic heterocycles. The Labute approximate surface area is 208 Å². The second kappa shape index (κ2) is 8.13. The summed E-state index contributed by atoms with van der Waals surface area (Å²) in [6, 6.07) is 2.38. The summed E-state index contributed by atoms with van der Waals surface area (Å²) >= 11 is 0. The van der Waals surface area contributed by atoms with Crippen molar-refractivity contribution in [3.63, 3.8) is 0 Å². The highest BCUT2D eigenvalue weighted by Gasteiger charge is 2.76. The molecule has 0 spiro atoms. The number of carbonyl (C=O) groups is 3. The molecule has 1 saturated heterocycles. The van der Waals surface area contributed by atoms with Crippen molar-refractivity contribution in [1.29, 1.82) is 0 Å². The zero-order chi connectivity index (χ0) is 26.4. The number of carbonyl (C=O) groups excluding carboxylic acids is 3. The molecule has 1 aliphatic heterocycles. The molecule has 4 aliphatic rings. The van der Waals surface area contributed by atoms with Crippen LogP contribution in [0.2, 0.25) is 18.1 Å². The lowest BCUT2D eigenvalue weighted by Gasteiger charge is -2.60. The van der Waals surface area contributed by atoms with Gasteiger partial charge in [0.15, 0.2) is 31.3 Å². The Kier molecular flexibility index (Phi) is 6.23. The Balaban J connectivity index is 2.00. The summed E-state index contributed by atoms with van der Waals surface area (Å²) in [6.45, 7) is 12.3. The predicted octanol–water partition coefficient (Wildman–Crippen LogP) is 2.09. The van der Waals surface area contributed by atoms with Crippen LogP contribution in [-0.2, 0) is 23.5 Å². The zero-order valence-corrected chi connectivity index (χ0v) is 22.9. The number of rotatable bonds is 5. The Bertz CT molecular complexity index is 991. The van der Waals surface area contributed by atoms with Gasteiger partial charge in [0.1, 0.15) is 11.7 Å². The molecule has 3 N–H and O–H groups in total. The maximum atomic E-state index is 14.3. The highest BCUT2D eigenvalue weighted by Crippen LogP contribution is 2.62. The fourth-order valence-electron chi connectivity index (χ4n) is 7.55. The molecule has 3 aliphatic carbocycles. The van der Waals surface area contributed by atoms with Gasteiger partial charge in [0, 0.05) is 24.2 Å². The van der Waals surface area contributed by atoms with Crippen LogP contribution in [0.3, 0.4) is 0 Å². The van der Waals surface area contributed by atoms with E-state index in [4.69, 9.17) is 9.16 Å². The molecule has 9 heteroatoms. The average Bonchev–Trinajstić information content (AvgIpc) is 3.18. The van der Waals surface area contributed by atoms with Gasteiger partial charge in [0.2, 0.25) is 0 Å². The molecular formula is C26H40O8Si. The van der Waals surface area contributed by atoms with Gasteiger partial charge < -0.3 is 24.5 Å². The molecule has 8 nitrogen and oxygen atoms in total. The van der Waals surface area contributed by atoms with E-state index in [1.165, 1.54) is 0 Å². The van der Waals surface area contributed by atoms with Crippen molar-refractivity contribution in [3.05, 3.63) is 11.1 Å². The topological polar surface area (TPSA) is 130 Å². The lowest BCUT2D eigenvalue weighted by Crippen LogP contribution is -2.74. The van der Waals surface area contributed by atoms with Crippen LogP contribution in [-0.4, -0.2) is 77.1 Å². The maximum absolute atomic E-state index is 14.3. The summed E-state index contributed by atoms with van der Waals surface area (Å²) in [4.78, 5) is 40.8. The quantitative estimate of drug-likeness (QED) is 0.481. The van der Waals surface area contributed by atoms with Gasteiger partial charge in [-0.3, -0.25) is 14.4 Å². The molecular weight excluding hydrogens is 468 g/mol. The molecule has 2 bridgehead atoms. The SMILES string of the molecule is CC[Si](CC)(CC)O[C@H]1CC(=O)[C@@]2(O)CO[C@H]3[C@H]2[C@]1(C)C(=O)[C@H](O)C1=C(C)C(=O)C[C@]3(O)C1(C)C. The summed E-state index contributed by atoms with van der Waals surface area (Å²) in [5.74, 6) is -2.64. The molecule has 196 valence electrons. The van der Waals surface area contributed by atoms with Gasteiger partial charge in [0.05, 0.1) is 24.2 Å². The first kappa shape index (κ1) is 26.8. The third-order valence-electron chi connectivity index (χ3n) is 10.3. The Morgan fingerprint density at radius 1 is 1.06 bits per heavy atom. The molecule has 0 aromatic rings. The van der Waals surface area contributed by atoms with E-state index < -0.39 is 66.1 Å². The summed E-state index contributed by atoms with van der Waals surface area (Å²) in [5, 5.41) is 35.4. The van der Waals surface area contributed by atoms with E-state index in [2.05, 4.69) is 0 Å². The number of hydrogen-bond donors (Lipinski definition) is 3. The third kappa shape index (κ3) is 3.18. The molecule has 0 radical (unpaired) electrons. The van der Waals surface area contributed by atoms with Crippen LogP contribution < -0.4 is 0 Å². The van der Waals surface area contributed by atoms with E-state index >= 15 is 0 Å². The molecule has 0 unspecified atom stereocenters. The monoisotopic (exact) mass is 508 g/mol. The van der Waals surface area contributed by atoms with Crippen LogP contribution in [0.15, 0.2) is 11.1 Å². The van der Waals surface area contributed by atoms with E-state index in [1.807, 2.05) is 20.8 Å². The third-order valence-corrected chi connectivity index (χ3v) is 15.0. The van der Waals surface area contributed by atoms with Crippen LogP contribution >= 0.6 is 0 Å². The van der Waals surface area contributed by atoms with Crippen molar-refractivity contribution < 1.29 is 38.9 Å². The van der Waals surface area contributed by atoms with Crippen molar-refractivity contribution >= 4 is 25.7 Å². The Morgan fingerprint density at radius 3 is 2.17 bits per heavy atom. The summed E-state index contributed by atoms with van der Waals surface area (Å²) in [6.07, 6.45) is -4.20. The van der Waals surface area contributed by atoms with Crippen LogP contribution in [0.5, 0.6) is 0 Å². The Hall–Kier alpha value is -1.23. The predicted molar refractivity (Wildman–Crippen MR) is 130 cm³/mol. The molecule has 1 heterocycles. The second-order valence-corrected chi connectivity index (χ2v) is 16.6. The minimum absolute atomic E-state index is 0.175. The highest BCUT2D eigenvalue weighted by atomic mass is 28.4. The van der Waals surface area contributed by atoms with Gasteiger partial charge in [0.25, 0.3) is 0 Å². The summed E-state index contributed by atoms with van der Waals surface area (Å²) in [7, 11) is -2.32. The van der Waals surface area contributed by atoms with E-state index in [0.29, 0.717) is 0 Å². The number of allylic oxidation sites excluding steroid dienone is 1. The molecule has 3 fully saturated rings. The molecule has 4 rings (SSSR count). The van der Waals surface area contributed by atoms with Crippen LogP contribution in [0, 0.1) is 16.7 Å². The fourth-order valence-corrected chi connectivity index (χ4v) is 10.5. The number of fused-ring (bicyclic) bond motifs is 3. The number of ketones is 3. The largest absolute Gasteiger partial charge is 0.412 e. The first-order chi connectivity index (χ1) is 16.1. The van der Waals surface area contributed by atoms with E-state index in [1.54, 1.807) is 27.7 Å². The molecule has 0 aromatic carbocycles. The second-order valence-electron chi connectivity index (χ2n) is 11.8. The van der Waals surface area contributed by atoms with Crippen molar-refractivity contribution in [1.82, 2.24) is 0 Å². The fraction of sp³-hybridized carbons (Fsp3) is 0.808.